The normalized spacial score (nSPS) is 20.4. The lowest BCUT2D eigenvalue weighted by Crippen LogP contribution is -2.51. The minimum Gasteiger partial charge on any atom is -0.339 e. The van der Waals surface area contributed by atoms with Crippen LogP contribution < -0.4 is 5.32 Å². The van der Waals surface area contributed by atoms with E-state index in [1.807, 2.05) is 11.0 Å². The number of nitrogens with one attached hydrogen (secondary N) is 1. The smallest absolute Gasteiger partial charge is 0.236 e. The van der Waals surface area contributed by atoms with Gasteiger partial charge in [0.1, 0.15) is 0 Å². The third-order valence-electron chi connectivity index (χ3n) is 5.60. The van der Waals surface area contributed by atoms with E-state index in [1.54, 1.807) is 0 Å². The molecule has 0 unspecified atom stereocenters. The fourth-order valence-electron chi connectivity index (χ4n) is 3.91. The zero-order chi connectivity index (χ0) is 18.0. The quantitative estimate of drug-likeness (QED) is 0.796. The minimum absolute atomic E-state index is 0.272. The van der Waals surface area contributed by atoms with Gasteiger partial charge in [-0.05, 0) is 18.4 Å². The summed E-state index contributed by atoms with van der Waals surface area (Å²) < 4.78 is 0. The third kappa shape index (κ3) is 6.26. The Bertz CT molecular complexity index is 556. The number of amides is 1. The number of nitrogens with zero attached hydrogens (tertiary/aromatic N) is 2. The van der Waals surface area contributed by atoms with Crippen molar-refractivity contribution >= 4 is 12.0 Å². The second-order valence-corrected chi connectivity index (χ2v) is 7.56. The van der Waals surface area contributed by atoms with E-state index in [2.05, 4.69) is 46.6 Å². The molecule has 1 saturated heterocycles. The number of hydrogen-bond acceptors (Lipinski definition) is 3. The Labute approximate surface area is 158 Å². The fraction of sp³-hybridized carbons (Fsp3) is 0.591. The Balaban J connectivity index is 1.33. The molecule has 1 aliphatic carbocycles. The molecule has 1 amide bonds. The molecule has 4 nitrogen and oxygen atoms in total. The van der Waals surface area contributed by atoms with Crippen LogP contribution in [0.3, 0.4) is 0 Å². The van der Waals surface area contributed by atoms with Crippen LogP contribution in [0.2, 0.25) is 0 Å². The average molecular weight is 356 g/mol. The van der Waals surface area contributed by atoms with Crippen LogP contribution in [0.5, 0.6) is 0 Å². The van der Waals surface area contributed by atoms with Crippen molar-refractivity contribution in [1.29, 1.82) is 0 Å². The van der Waals surface area contributed by atoms with Gasteiger partial charge < -0.3 is 10.2 Å². The van der Waals surface area contributed by atoms with Crippen molar-refractivity contribution in [1.82, 2.24) is 15.1 Å². The summed E-state index contributed by atoms with van der Waals surface area (Å²) in [5.41, 5.74) is 1.24. The maximum atomic E-state index is 12.5. The van der Waals surface area contributed by atoms with E-state index < -0.39 is 0 Å². The largest absolute Gasteiger partial charge is 0.339 e. The molecule has 142 valence electrons. The fourth-order valence-corrected chi connectivity index (χ4v) is 3.91. The van der Waals surface area contributed by atoms with E-state index in [0.717, 1.165) is 32.7 Å². The van der Waals surface area contributed by atoms with E-state index in [0.29, 0.717) is 12.6 Å². The molecule has 4 heteroatoms. The lowest BCUT2D eigenvalue weighted by Gasteiger charge is -2.34. The molecule has 1 aromatic carbocycles. The number of carbonyl (C=O) groups excluding carboxylic acids is 1. The van der Waals surface area contributed by atoms with Crippen molar-refractivity contribution in [3.05, 3.63) is 42.0 Å². The molecule has 26 heavy (non-hydrogen) atoms. The van der Waals surface area contributed by atoms with Gasteiger partial charge in [0, 0.05) is 38.8 Å². The summed E-state index contributed by atoms with van der Waals surface area (Å²) in [6, 6.07) is 11.0. The van der Waals surface area contributed by atoms with Gasteiger partial charge in [-0.2, -0.15) is 0 Å². The van der Waals surface area contributed by atoms with Crippen LogP contribution in [-0.2, 0) is 4.79 Å². The van der Waals surface area contributed by atoms with E-state index >= 15 is 0 Å². The van der Waals surface area contributed by atoms with Gasteiger partial charge in [-0.25, -0.2) is 0 Å². The van der Waals surface area contributed by atoms with Gasteiger partial charge in [0.2, 0.25) is 5.91 Å². The molecule has 0 aromatic heterocycles. The summed E-state index contributed by atoms with van der Waals surface area (Å²) in [6.07, 6.45) is 12.2. The van der Waals surface area contributed by atoms with Crippen molar-refractivity contribution in [2.45, 2.75) is 44.6 Å². The second-order valence-electron chi connectivity index (χ2n) is 7.56. The zero-order valence-corrected chi connectivity index (χ0v) is 15.9. The van der Waals surface area contributed by atoms with E-state index in [4.69, 9.17) is 0 Å². The molecule has 1 aliphatic heterocycles. The highest BCUT2D eigenvalue weighted by molar-refractivity contribution is 5.78. The van der Waals surface area contributed by atoms with Gasteiger partial charge in [0.15, 0.2) is 0 Å². The number of carbonyl (C=O) groups is 1. The first-order valence-electron chi connectivity index (χ1n) is 10.3. The molecule has 1 saturated carbocycles. The van der Waals surface area contributed by atoms with E-state index in [9.17, 15) is 4.79 Å². The summed E-state index contributed by atoms with van der Waals surface area (Å²) in [7, 11) is 0. The number of rotatable bonds is 6. The number of benzene rings is 1. The van der Waals surface area contributed by atoms with Crippen LogP contribution in [0.15, 0.2) is 36.4 Å². The molecule has 0 spiro atoms. The molecule has 1 heterocycles. The summed E-state index contributed by atoms with van der Waals surface area (Å²) in [6.45, 7) is 5.10. The lowest BCUT2D eigenvalue weighted by atomic mass is 10.1. The topological polar surface area (TPSA) is 35.6 Å². The predicted octanol–water partition coefficient (Wildman–Crippen LogP) is 3.16. The van der Waals surface area contributed by atoms with Gasteiger partial charge in [0.25, 0.3) is 0 Å². The molecule has 3 rings (SSSR count). The highest BCUT2D eigenvalue weighted by Gasteiger charge is 2.21. The molecule has 0 radical (unpaired) electrons. The Morgan fingerprint density at radius 2 is 1.69 bits per heavy atom. The second kappa shape index (κ2) is 10.5. The Kier molecular flexibility index (Phi) is 7.71. The van der Waals surface area contributed by atoms with Crippen molar-refractivity contribution in [3.8, 4) is 0 Å². The van der Waals surface area contributed by atoms with Gasteiger partial charge in [-0.15, -0.1) is 0 Å². The standard InChI is InChI=1S/C22H33N3O/c26-22(19-23-21-12-6-1-2-7-13-21)25-17-15-24(16-18-25)14-8-11-20-9-4-3-5-10-20/h3-5,8-11,21,23H,1-2,6-7,12-19H2/b11-8+. The highest BCUT2D eigenvalue weighted by atomic mass is 16.2. The van der Waals surface area contributed by atoms with Gasteiger partial charge in [-0.1, -0.05) is 68.2 Å². The van der Waals surface area contributed by atoms with Crippen LogP contribution >= 0.6 is 0 Å². The predicted molar refractivity (Wildman–Crippen MR) is 108 cm³/mol. The van der Waals surface area contributed by atoms with Crippen molar-refractivity contribution < 1.29 is 4.79 Å². The van der Waals surface area contributed by atoms with Crippen LogP contribution in [0.1, 0.15) is 44.1 Å². The lowest BCUT2D eigenvalue weighted by molar-refractivity contribution is -0.132. The highest BCUT2D eigenvalue weighted by Crippen LogP contribution is 2.17. The molecular formula is C22H33N3O. The first-order valence-corrected chi connectivity index (χ1v) is 10.3. The molecule has 0 atom stereocenters. The van der Waals surface area contributed by atoms with Crippen LogP contribution in [-0.4, -0.2) is 61.0 Å². The summed E-state index contributed by atoms with van der Waals surface area (Å²) >= 11 is 0. The Morgan fingerprint density at radius 3 is 2.38 bits per heavy atom. The van der Waals surface area contributed by atoms with Crippen LogP contribution in [0.4, 0.5) is 0 Å². The Hall–Kier alpha value is -1.65. The number of piperazine rings is 1. The van der Waals surface area contributed by atoms with Crippen molar-refractivity contribution in [2.24, 2.45) is 0 Å². The number of hydrogen-bond donors (Lipinski definition) is 1. The first-order chi connectivity index (χ1) is 12.8. The maximum absolute atomic E-state index is 12.5. The molecule has 2 aliphatic rings. The molecule has 1 aromatic rings. The van der Waals surface area contributed by atoms with Crippen LogP contribution in [0.25, 0.3) is 6.08 Å². The van der Waals surface area contributed by atoms with Gasteiger partial charge >= 0.3 is 0 Å². The summed E-state index contributed by atoms with van der Waals surface area (Å²) in [5.74, 6) is 0.272. The maximum Gasteiger partial charge on any atom is 0.236 e. The first kappa shape index (κ1) is 19.1. The molecular weight excluding hydrogens is 322 g/mol. The summed E-state index contributed by atoms with van der Waals surface area (Å²) in [4.78, 5) is 16.9. The Morgan fingerprint density at radius 1 is 1.00 bits per heavy atom. The van der Waals surface area contributed by atoms with E-state index in [1.165, 1.54) is 44.1 Å². The van der Waals surface area contributed by atoms with Crippen molar-refractivity contribution in [2.75, 3.05) is 39.3 Å². The van der Waals surface area contributed by atoms with Crippen molar-refractivity contribution in [3.63, 3.8) is 0 Å². The SMILES string of the molecule is O=C(CNC1CCCCCC1)N1CCN(C/C=C/c2ccccc2)CC1. The molecule has 2 fully saturated rings. The van der Waals surface area contributed by atoms with Crippen LogP contribution in [0, 0.1) is 0 Å². The molecule has 0 bridgehead atoms. The minimum atomic E-state index is 0.272. The third-order valence-corrected chi connectivity index (χ3v) is 5.60. The van der Waals surface area contributed by atoms with E-state index in [-0.39, 0.29) is 5.91 Å². The summed E-state index contributed by atoms with van der Waals surface area (Å²) in [5, 5.41) is 3.51. The van der Waals surface area contributed by atoms with Gasteiger partial charge in [-0.3, -0.25) is 9.69 Å². The monoisotopic (exact) mass is 355 g/mol. The van der Waals surface area contributed by atoms with Gasteiger partial charge in [0.05, 0.1) is 6.54 Å². The zero-order valence-electron chi connectivity index (χ0n) is 15.9. The molecule has 1 N–H and O–H groups in total. The average Bonchev–Trinajstić information content (AvgIpc) is 2.96.